The summed E-state index contributed by atoms with van der Waals surface area (Å²) in [5.74, 6) is -3.23. The lowest BCUT2D eigenvalue weighted by molar-refractivity contribution is 0.0983. The molecule has 0 spiro atoms. The lowest BCUT2D eigenvalue weighted by atomic mass is 10.0. The number of hydrogen-bond acceptors (Lipinski definition) is 4. The van der Waals surface area contributed by atoms with E-state index in [2.05, 4.69) is 10.3 Å². The number of halogens is 4. The van der Waals surface area contributed by atoms with Gasteiger partial charge >= 0.3 is 0 Å². The minimum absolute atomic E-state index is 0.0137. The maximum atomic E-state index is 14.9. The Morgan fingerprint density at radius 3 is 2.55 bits per heavy atom. The second-order valence-electron chi connectivity index (χ2n) is 8.02. The highest BCUT2D eigenvalue weighted by molar-refractivity contribution is 6.31. The highest BCUT2D eigenvalue weighted by Gasteiger charge is 2.35. The van der Waals surface area contributed by atoms with Crippen molar-refractivity contribution < 1.29 is 18.0 Å². The number of anilines is 3. The number of H-pyrrole nitrogens is 1. The van der Waals surface area contributed by atoms with Crippen LogP contribution in [0.15, 0.2) is 35.1 Å². The van der Waals surface area contributed by atoms with Gasteiger partial charge < -0.3 is 15.2 Å². The maximum Gasteiger partial charge on any atom is 0.262 e. The van der Waals surface area contributed by atoms with Gasteiger partial charge in [-0.05, 0) is 37.3 Å². The molecular weight excluding hydrogens is 457 g/mol. The highest BCUT2D eigenvalue weighted by atomic mass is 35.5. The minimum atomic E-state index is -1.03. The molecule has 6 nitrogen and oxygen atoms in total. The van der Waals surface area contributed by atoms with E-state index in [1.165, 1.54) is 17.0 Å². The van der Waals surface area contributed by atoms with Crippen molar-refractivity contribution in [2.45, 2.75) is 19.9 Å². The Morgan fingerprint density at radius 2 is 1.76 bits per heavy atom. The molecule has 170 valence electrons. The van der Waals surface area contributed by atoms with Gasteiger partial charge in [-0.15, -0.1) is 0 Å². The number of nitrogens with zero attached hydrogens (tertiary/aromatic N) is 2. The van der Waals surface area contributed by atoms with Gasteiger partial charge in [-0.2, -0.15) is 0 Å². The van der Waals surface area contributed by atoms with Crippen LogP contribution in [-0.4, -0.2) is 24.1 Å². The normalized spacial score (nSPS) is 15.5. The first kappa shape index (κ1) is 21.5. The number of hydrogen-bond donors (Lipinski definition) is 2. The largest absolute Gasteiger partial charge is 0.324 e. The number of aromatic amines is 1. The summed E-state index contributed by atoms with van der Waals surface area (Å²) in [6.07, 6.45) is 0.331. The first-order valence-electron chi connectivity index (χ1n) is 10.2. The smallest absolute Gasteiger partial charge is 0.262 e. The van der Waals surface area contributed by atoms with Crippen LogP contribution in [0, 0.1) is 24.4 Å². The van der Waals surface area contributed by atoms with Crippen molar-refractivity contribution >= 4 is 34.6 Å². The summed E-state index contributed by atoms with van der Waals surface area (Å²) in [6.45, 7) is 1.84. The number of carbonyl (C=O) groups is 1. The summed E-state index contributed by atoms with van der Waals surface area (Å²) in [6, 6.07) is 6.35. The summed E-state index contributed by atoms with van der Waals surface area (Å²) in [7, 11) is 0. The van der Waals surface area contributed by atoms with Crippen LogP contribution >= 0.6 is 11.6 Å². The summed E-state index contributed by atoms with van der Waals surface area (Å²) < 4.78 is 43.4. The molecule has 3 aromatic rings. The lowest BCUT2D eigenvalue weighted by Gasteiger charge is -2.39. The van der Waals surface area contributed by atoms with Crippen LogP contribution in [0.3, 0.4) is 0 Å². The average molecular weight is 475 g/mol. The van der Waals surface area contributed by atoms with E-state index in [0.29, 0.717) is 29.9 Å². The van der Waals surface area contributed by atoms with Gasteiger partial charge in [0.25, 0.3) is 11.5 Å². The van der Waals surface area contributed by atoms with Gasteiger partial charge in [-0.1, -0.05) is 11.6 Å². The molecule has 0 saturated carbocycles. The second kappa shape index (κ2) is 7.93. The Balaban J connectivity index is 1.81. The zero-order chi connectivity index (χ0) is 23.4. The number of fused-ring (bicyclic) bond motifs is 8. The minimum Gasteiger partial charge on any atom is -0.324 e. The van der Waals surface area contributed by atoms with E-state index >= 15 is 0 Å². The third-order valence-electron chi connectivity index (χ3n) is 5.98. The predicted molar refractivity (Wildman–Crippen MR) is 119 cm³/mol. The molecule has 1 amide bonds. The molecule has 33 heavy (non-hydrogen) atoms. The Hall–Kier alpha value is -3.30. The maximum absolute atomic E-state index is 14.9. The molecule has 0 radical (unpaired) electrons. The van der Waals surface area contributed by atoms with Crippen LogP contribution in [0.25, 0.3) is 0 Å². The molecule has 0 unspecified atom stereocenters. The number of amides is 1. The van der Waals surface area contributed by atoms with Crippen molar-refractivity contribution in [1.29, 1.82) is 0 Å². The monoisotopic (exact) mass is 474 g/mol. The molecule has 0 aliphatic carbocycles. The van der Waals surface area contributed by atoms with E-state index in [9.17, 15) is 22.8 Å². The molecule has 2 aliphatic rings. The third kappa shape index (κ3) is 3.48. The summed E-state index contributed by atoms with van der Waals surface area (Å²) in [4.78, 5) is 31.6. The molecule has 10 heteroatoms. The molecule has 2 aliphatic heterocycles. The lowest BCUT2D eigenvalue weighted by Crippen LogP contribution is -2.46. The molecular formula is C23H18ClF3N4O2. The summed E-state index contributed by atoms with van der Waals surface area (Å²) in [5.41, 5.74) is 1.73. The fourth-order valence-corrected chi connectivity index (χ4v) is 4.43. The standard InChI is InChI=1S/C23H18ClF3N4O2/c1-11-6-20-17(29-22(11)32)4-5-28-9-13-18(3-2-15(25)21(13)27)30-10-31(20)23(33)12-7-14(24)16(26)8-19(12)30/h2-3,6-8,28H,4-5,9-10H2,1H3,(H,29,32). The summed E-state index contributed by atoms with van der Waals surface area (Å²) in [5, 5.41) is 2.83. The van der Waals surface area contributed by atoms with Crippen LogP contribution < -0.4 is 20.7 Å². The van der Waals surface area contributed by atoms with Gasteiger partial charge in [0.05, 0.1) is 27.6 Å². The first-order valence-corrected chi connectivity index (χ1v) is 10.6. The number of benzene rings is 2. The first-order chi connectivity index (χ1) is 15.8. The van der Waals surface area contributed by atoms with Crippen molar-refractivity contribution in [2.24, 2.45) is 0 Å². The van der Waals surface area contributed by atoms with Gasteiger partial charge in [0.15, 0.2) is 11.6 Å². The van der Waals surface area contributed by atoms with Gasteiger partial charge in [0.1, 0.15) is 12.5 Å². The van der Waals surface area contributed by atoms with E-state index in [4.69, 9.17) is 11.6 Å². The van der Waals surface area contributed by atoms with Gasteiger partial charge in [0, 0.05) is 36.3 Å². The number of aromatic nitrogens is 1. The Kier molecular flexibility index (Phi) is 5.18. The second-order valence-corrected chi connectivity index (χ2v) is 8.42. The zero-order valence-electron chi connectivity index (χ0n) is 17.4. The number of rotatable bonds is 0. The molecule has 3 heterocycles. The molecule has 0 fully saturated rings. The molecule has 2 aromatic carbocycles. The van der Waals surface area contributed by atoms with Crippen LogP contribution in [0.2, 0.25) is 5.02 Å². The van der Waals surface area contributed by atoms with Crippen LogP contribution in [0.1, 0.15) is 27.2 Å². The molecule has 2 bridgehead atoms. The third-order valence-corrected chi connectivity index (χ3v) is 6.27. The number of nitrogens with one attached hydrogen (secondary N) is 2. The molecule has 5 rings (SSSR count). The molecule has 2 N–H and O–H groups in total. The Labute approximate surface area is 191 Å². The number of carbonyl (C=O) groups excluding carboxylic acids is 1. The van der Waals surface area contributed by atoms with Gasteiger partial charge in [0.2, 0.25) is 0 Å². The van der Waals surface area contributed by atoms with E-state index in [0.717, 1.165) is 12.1 Å². The van der Waals surface area contributed by atoms with E-state index in [1.807, 2.05) is 0 Å². The van der Waals surface area contributed by atoms with Crippen molar-refractivity contribution in [1.82, 2.24) is 10.3 Å². The number of pyridine rings is 1. The Morgan fingerprint density at radius 1 is 0.970 bits per heavy atom. The molecule has 1 aromatic heterocycles. The molecule has 0 saturated heterocycles. The van der Waals surface area contributed by atoms with Crippen molar-refractivity contribution in [3.8, 4) is 0 Å². The Bertz CT molecular complexity index is 1370. The van der Waals surface area contributed by atoms with E-state index < -0.39 is 23.4 Å². The number of aryl methyl sites for hydroxylation is 1. The fourth-order valence-electron chi connectivity index (χ4n) is 4.27. The van der Waals surface area contributed by atoms with Crippen LogP contribution in [-0.2, 0) is 13.0 Å². The van der Waals surface area contributed by atoms with Crippen molar-refractivity contribution in [3.05, 3.63) is 85.5 Å². The average Bonchev–Trinajstić information content (AvgIpc) is 2.80. The quantitative estimate of drug-likeness (QED) is 0.513. The van der Waals surface area contributed by atoms with E-state index in [-0.39, 0.29) is 46.3 Å². The SMILES string of the molecule is Cc1cc2c([nH]c1=O)CCNCc1c(ccc(F)c1F)N1CN2C(=O)c2cc(Cl)c(F)cc21. The highest BCUT2D eigenvalue weighted by Crippen LogP contribution is 2.40. The van der Waals surface area contributed by atoms with Crippen LogP contribution in [0.4, 0.5) is 30.2 Å². The van der Waals surface area contributed by atoms with Crippen molar-refractivity contribution in [3.63, 3.8) is 0 Å². The predicted octanol–water partition coefficient (Wildman–Crippen LogP) is 4.16. The van der Waals surface area contributed by atoms with Gasteiger partial charge in [-0.3, -0.25) is 14.5 Å². The molecule has 0 atom stereocenters. The van der Waals surface area contributed by atoms with Gasteiger partial charge in [-0.25, -0.2) is 13.2 Å². The van der Waals surface area contributed by atoms with Crippen molar-refractivity contribution in [2.75, 3.05) is 23.0 Å². The van der Waals surface area contributed by atoms with E-state index in [1.54, 1.807) is 17.9 Å². The van der Waals surface area contributed by atoms with Crippen LogP contribution in [0.5, 0.6) is 0 Å². The summed E-state index contributed by atoms with van der Waals surface area (Å²) >= 11 is 5.99. The fraction of sp³-hybridized carbons (Fsp3) is 0.217. The zero-order valence-corrected chi connectivity index (χ0v) is 18.2. The topological polar surface area (TPSA) is 68.4 Å².